The molecule has 4 nitrogen and oxygen atoms in total. The molecular formula is C16H13FN2O2. The van der Waals surface area contributed by atoms with Gasteiger partial charge in [-0.3, -0.25) is 4.79 Å². The minimum atomic E-state index is -0.591. The molecule has 3 aromatic rings. The van der Waals surface area contributed by atoms with Crippen LogP contribution in [0.25, 0.3) is 11.0 Å². The summed E-state index contributed by atoms with van der Waals surface area (Å²) in [6.07, 6.45) is 1.63. The number of carbonyl (C=O) groups is 1. The normalized spacial score (nSPS) is 10.7. The smallest absolute Gasteiger partial charge is 0.248 e. The van der Waals surface area contributed by atoms with Crippen LogP contribution in [0.2, 0.25) is 0 Å². The van der Waals surface area contributed by atoms with Crippen LogP contribution >= 0.6 is 0 Å². The van der Waals surface area contributed by atoms with E-state index in [9.17, 15) is 9.18 Å². The molecule has 0 radical (unpaired) electrons. The lowest BCUT2D eigenvalue weighted by Gasteiger charge is -2.08. The Bertz CT molecular complexity index is 811. The molecular weight excluding hydrogens is 271 g/mol. The Labute approximate surface area is 120 Å². The van der Waals surface area contributed by atoms with E-state index in [1.54, 1.807) is 6.26 Å². The number of amides is 1. The van der Waals surface area contributed by atoms with Crippen molar-refractivity contribution in [3.8, 4) is 0 Å². The Balaban J connectivity index is 1.84. The molecule has 2 aromatic carbocycles. The number of anilines is 1. The summed E-state index contributed by atoms with van der Waals surface area (Å²) < 4.78 is 19.2. The number of hydrogen-bond donors (Lipinski definition) is 2. The Hall–Kier alpha value is -2.82. The van der Waals surface area contributed by atoms with Gasteiger partial charge in [0.15, 0.2) is 0 Å². The highest BCUT2D eigenvalue weighted by molar-refractivity contribution is 5.93. The Morgan fingerprint density at radius 1 is 1.24 bits per heavy atom. The zero-order chi connectivity index (χ0) is 14.8. The molecule has 3 N–H and O–H groups in total. The van der Waals surface area contributed by atoms with Crippen molar-refractivity contribution in [2.75, 3.05) is 5.32 Å². The van der Waals surface area contributed by atoms with Crippen molar-refractivity contribution in [2.24, 2.45) is 5.73 Å². The van der Waals surface area contributed by atoms with Gasteiger partial charge in [-0.05, 0) is 24.3 Å². The molecule has 0 unspecified atom stereocenters. The molecule has 0 spiro atoms. The Morgan fingerprint density at radius 3 is 2.86 bits per heavy atom. The summed E-state index contributed by atoms with van der Waals surface area (Å²) in [5.74, 6) is -1.03. The molecule has 21 heavy (non-hydrogen) atoms. The summed E-state index contributed by atoms with van der Waals surface area (Å²) in [6, 6.07) is 11.6. The molecule has 0 bridgehead atoms. The second-order valence-corrected chi connectivity index (χ2v) is 4.67. The van der Waals surface area contributed by atoms with Crippen molar-refractivity contribution in [1.82, 2.24) is 0 Å². The predicted molar refractivity (Wildman–Crippen MR) is 78.5 cm³/mol. The first-order valence-corrected chi connectivity index (χ1v) is 6.43. The number of hydrogen-bond acceptors (Lipinski definition) is 3. The van der Waals surface area contributed by atoms with Crippen molar-refractivity contribution in [3.05, 3.63) is 65.7 Å². The lowest BCUT2D eigenvalue weighted by Crippen LogP contribution is -2.12. The summed E-state index contributed by atoms with van der Waals surface area (Å²) in [4.78, 5) is 11.1. The second kappa shape index (κ2) is 5.28. The van der Waals surface area contributed by atoms with Crippen LogP contribution in [-0.4, -0.2) is 5.91 Å². The molecule has 106 valence electrons. The van der Waals surface area contributed by atoms with Crippen LogP contribution in [0.5, 0.6) is 0 Å². The van der Waals surface area contributed by atoms with Crippen LogP contribution < -0.4 is 11.1 Å². The number of nitrogens with one attached hydrogen (secondary N) is 1. The third kappa shape index (κ3) is 2.58. The molecule has 3 rings (SSSR count). The van der Waals surface area contributed by atoms with E-state index in [1.807, 2.05) is 24.3 Å². The van der Waals surface area contributed by atoms with Crippen LogP contribution in [0.4, 0.5) is 10.1 Å². The zero-order valence-electron chi connectivity index (χ0n) is 11.1. The van der Waals surface area contributed by atoms with Crippen LogP contribution in [-0.2, 0) is 6.54 Å². The average Bonchev–Trinajstić information content (AvgIpc) is 2.89. The third-order valence-electron chi connectivity index (χ3n) is 3.28. The number of carbonyl (C=O) groups excluding carboxylic acids is 1. The number of para-hydroxylation sites is 1. The van der Waals surface area contributed by atoms with E-state index in [2.05, 4.69) is 5.32 Å². The molecule has 0 saturated heterocycles. The average molecular weight is 284 g/mol. The first-order chi connectivity index (χ1) is 10.1. The van der Waals surface area contributed by atoms with Gasteiger partial charge in [0.25, 0.3) is 0 Å². The molecule has 1 aromatic heterocycles. The first-order valence-electron chi connectivity index (χ1n) is 6.43. The number of nitrogens with two attached hydrogens (primary N) is 1. The summed E-state index contributed by atoms with van der Waals surface area (Å²) in [5.41, 5.74) is 7.38. The fourth-order valence-electron chi connectivity index (χ4n) is 2.17. The van der Waals surface area contributed by atoms with Crippen molar-refractivity contribution in [1.29, 1.82) is 0 Å². The van der Waals surface area contributed by atoms with Crippen LogP contribution in [0, 0.1) is 5.82 Å². The lowest BCUT2D eigenvalue weighted by atomic mass is 10.1. The maximum absolute atomic E-state index is 13.7. The number of furan rings is 1. The number of halogens is 1. The van der Waals surface area contributed by atoms with E-state index < -0.39 is 11.7 Å². The van der Waals surface area contributed by atoms with E-state index in [0.717, 1.165) is 16.5 Å². The molecule has 5 heteroatoms. The third-order valence-corrected chi connectivity index (χ3v) is 3.28. The first kappa shape index (κ1) is 13.2. The van der Waals surface area contributed by atoms with Gasteiger partial charge < -0.3 is 15.5 Å². The molecule has 0 aliphatic heterocycles. The van der Waals surface area contributed by atoms with Gasteiger partial charge in [0.2, 0.25) is 5.91 Å². The molecule has 0 fully saturated rings. The fourth-order valence-corrected chi connectivity index (χ4v) is 2.17. The van der Waals surface area contributed by atoms with Crippen LogP contribution in [0.3, 0.4) is 0 Å². The molecule has 0 aliphatic rings. The van der Waals surface area contributed by atoms with Crippen molar-refractivity contribution < 1.29 is 13.6 Å². The molecule has 1 heterocycles. The van der Waals surface area contributed by atoms with Gasteiger partial charge in [0.05, 0.1) is 12.0 Å². The largest absolute Gasteiger partial charge is 0.464 e. The maximum Gasteiger partial charge on any atom is 0.248 e. The van der Waals surface area contributed by atoms with Crippen molar-refractivity contribution in [2.45, 2.75) is 6.54 Å². The topological polar surface area (TPSA) is 68.3 Å². The number of primary amides is 1. The van der Waals surface area contributed by atoms with Crippen molar-refractivity contribution >= 4 is 22.6 Å². The highest BCUT2D eigenvalue weighted by atomic mass is 19.1. The fraction of sp³-hybridized carbons (Fsp3) is 0.0625. The lowest BCUT2D eigenvalue weighted by molar-refractivity contribution is 0.100. The number of fused-ring (bicyclic) bond motifs is 1. The summed E-state index contributed by atoms with van der Waals surface area (Å²) >= 11 is 0. The highest BCUT2D eigenvalue weighted by Gasteiger charge is 2.09. The van der Waals surface area contributed by atoms with Gasteiger partial charge in [0, 0.05) is 23.1 Å². The standard InChI is InChI=1S/C16H13FN2O2/c17-13-6-5-10(16(18)20)7-14(13)19-8-11-9-21-15-4-2-1-3-12(11)15/h1-7,9,19H,8H2,(H2,18,20). The molecule has 1 amide bonds. The monoisotopic (exact) mass is 284 g/mol. The van der Waals surface area contributed by atoms with Crippen LogP contribution in [0.15, 0.2) is 53.1 Å². The SMILES string of the molecule is NC(=O)c1ccc(F)c(NCc2coc3ccccc23)c1. The summed E-state index contributed by atoms with van der Waals surface area (Å²) in [7, 11) is 0. The van der Waals surface area contributed by atoms with Gasteiger partial charge in [-0.25, -0.2) is 4.39 Å². The quantitative estimate of drug-likeness (QED) is 0.772. The van der Waals surface area contributed by atoms with Crippen LogP contribution in [0.1, 0.15) is 15.9 Å². The molecule has 0 saturated carbocycles. The predicted octanol–water partition coefficient (Wildman–Crippen LogP) is 3.28. The summed E-state index contributed by atoms with van der Waals surface area (Å²) in [6.45, 7) is 0.385. The van der Waals surface area contributed by atoms with E-state index in [4.69, 9.17) is 10.2 Å². The van der Waals surface area contributed by atoms with Gasteiger partial charge in [-0.2, -0.15) is 0 Å². The van der Waals surface area contributed by atoms with Gasteiger partial charge in [0.1, 0.15) is 11.4 Å². The Kier molecular flexibility index (Phi) is 3.31. The second-order valence-electron chi connectivity index (χ2n) is 4.67. The van der Waals surface area contributed by atoms with Gasteiger partial charge >= 0.3 is 0 Å². The number of rotatable bonds is 4. The van der Waals surface area contributed by atoms with Gasteiger partial charge in [-0.1, -0.05) is 18.2 Å². The minimum absolute atomic E-state index is 0.233. The number of benzene rings is 2. The maximum atomic E-state index is 13.7. The molecule has 0 aliphatic carbocycles. The molecule has 0 atom stereocenters. The highest BCUT2D eigenvalue weighted by Crippen LogP contribution is 2.23. The zero-order valence-corrected chi connectivity index (χ0v) is 11.1. The minimum Gasteiger partial charge on any atom is -0.464 e. The van der Waals surface area contributed by atoms with Crippen molar-refractivity contribution in [3.63, 3.8) is 0 Å². The van der Waals surface area contributed by atoms with E-state index >= 15 is 0 Å². The van der Waals surface area contributed by atoms with E-state index in [1.165, 1.54) is 18.2 Å². The Morgan fingerprint density at radius 2 is 2.05 bits per heavy atom. The summed E-state index contributed by atoms with van der Waals surface area (Å²) in [5, 5.41) is 3.93. The van der Waals surface area contributed by atoms with E-state index in [0.29, 0.717) is 6.54 Å². The van der Waals surface area contributed by atoms with Gasteiger partial charge in [-0.15, -0.1) is 0 Å². The van der Waals surface area contributed by atoms with E-state index in [-0.39, 0.29) is 11.3 Å².